The average Bonchev–Trinajstić information content (AvgIpc) is 3.50. The lowest BCUT2D eigenvalue weighted by atomic mass is 10.1. The third kappa shape index (κ3) is 4.11. The van der Waals surface area contributed by atoms with Gasteiger partial charge in [0.25, 0.3) is 0 Å². The molecular formula is C26H32N8O2. The molecule has 3 aromatic rings. The van der Waals surface area contributed by atoms with Gasteiger partial charge in [-0.15, -0.1) is 0 Å². The number of nitrogens with one attached hydrogen (secondary N) is 1. The van der Waals surface area contributed by atoms with Crippen molar-refractivity contribution in [1.82, 2.24) is 20.0 Å². The highest BCUT2D eigenvalue weighted by Gasteiger charge is 2.31. The van der Waals surface area contributed by atoms with Gasteiger partial charge >= 0.3 is 6.03 Å². The smallest absolute Gasteiger partial charge is 0.329 e. The van der Waals surface area contributed by atoms with Crippen LogP contribution >= 0.6 is 0 Å². The first-order chi connectivity index (χ1) is 17.5. The van der Waals surface area contributed by atoms with E-state index in [0.717, 1.165) is 62.3 Å². The van der Waals surface area contributed by atoms with E-state index in [9.17, 15) is 9.59 Å². The number of rotatable bonds is 4. The molecular weight excluding hydrogens is 456 g/mol. The van der Waals surface area contributed by atoms with Gasteiger partial charge in [-0.05, 0) is 48.9 Å². The predicted molar refractivity (Wildman–Crippen MR) is 141 cm³/mol. The van der Waals surface area contributed by atoms with Crippen LogP contribution in [0.3, 0.4) is 0 Å². The van der Waals surface area contributed by atoms with Crippen molar-refractivity contribution in [2.75, 3.05) is 66.2 Å². The molecule has 3 aliphatic heterocycles. The van der Waals surface area contributed by atoms with E-state index < -0.39 is 6.03 Å². The first kappa shape index (κ1) is 22.7. The molecule has 10 heteroatoms. The molecule has 188 valence electrons. The number of carbonyl (C=O) groups is 2. The van der Waals surface area contributed by atoms with Crippen LogP contribution in [0.4, 0.5) is 27.7 Å². The number of hydrogen-bond donors (Lipinski definition) is 2. The molecule has 10 nitrogen and oxygen atoms in total. The number of piperazine rings is 1. The van der Waals surface area contributed by atoms with Crippen LogP contribution in [0.15, 0.2) is 42.5 Å². The van der Waals surface area contributed by atoms with E-state index in [1.165, 1.54) is 11.4 Å². The van der Waals surface area contributed by atoms with Crippen molar-refractivity contribution in [2.45, 2.75) is 18.9 Å². The highest BCUT2D eigenvalue weighted by atomic mass is 16.2. The zero-order valence-electron chi connectivity index (χ0n) is 20.6. The summed E-state index contributed by atoms with van der Waals surface area (Å²) < 4.78 is 1.82. The second-order valence-electron chi connectivity index (χ2n) is 9.91. The van der Waals surface area contributed by atoms with Gasteiger partial charge in [-0.25, -0.2) is 4.79 Å². The molecule has 3 aliphatic rings. The number of benzene rings is 2. The highest BCUT2D eigenvalue weighted by Crippen LogP contribution is 2.32. The zero-order chi connectivity index (χ0) is 24.8. The first-order valence-electron chi connectivity index (χ1n) is 12.6. The Hall–Kier alpha value is -3.79. The maximum absolute atomic E-state index is 12.4. The Labute approximate surface area is 210 Å². The molecule has 0 bridgehead atoms. The molecule has 0 radical (unpaired) electrons. The van der Waals surface area contributed by atoms with Gasteiger partial charge in [0, 0.05) is 87.8 Å². The number of nitrogens with zero attached hydrogens (tertiary/aromatic N) is 6. The van der Waals surface area contributed by atoms with Crippen molar-refractivity contribution in [3.05, 3.63) is 42.5 Å². The van der Waals surface area contributed by atoms with Gasteiger partial charge in [0.2, 0.25) is 5.91 Å². The second-order valence-corrected chi connectivity index (χ2v) is 9.91. The summed E-state index contributed by atoms with van der Waals surface area (Å²) in [6.45, 7) is 6.56. The lowest BCUT2D eigenvalue weighted by molar-refractivity contribution is -0.120. The second kappa shape index (κ2) is 9.02. The summed E-state index contributed by atoms with van der Waals surface area (Å²) in [5, 5.41) is 7.92. The van der Waals surface area contributed by atoms with Gasteiger partial charge in [-0.1, -0.05) is 0 Å². The molecule has 36 heavy (non-hydrogen) atoms. The molecule has 1 atom stereocenters. The van der Waals surface area contributed by atoms with Crippen LogP contribution in [-0.4, -0.2) is 78.5 Å². The zero-order valence-corrected chi connectivity index (χ0v) is 20.6. The van der Waals surface area contributed by atoms with Crippen molar-refractivity contribution < 1.29 is 9.59 Å². The monoisotopic (exact) mass is 488 g/mol. The normalized spacial score (nSPS) is 21.5. The van der Waals surface area contributed by atoms with Gasteiger partial charge in [0.05, 0.1) is 5.52 Å². The van der Waals surface area contributed by atoms with Gasteiger partial charge in [-0.3, -0.25) is 24.6 Å². The fourth-order valence-electron chi connectivity index (χ4n) is 5.69. The molecule has 6 rings (SSSR count). The van der Waals surface area contributed by atoms with Crippen molar-refractivity contribution in [3.63, 3.8) is 0 Å². The van der Waals surface area contributed by atoms with Crippen molar-refractivity contribution in [2.24, 2.45) is 7.05 Å². The molecule has 1 unspecified atom stereocenters. The molecule has 1 aromatic heterocycles. The van der Waals surface area contributed by atoms with E-state index >= 15 is 0 Å². The van der Waals surface area contributed by atoms with Crippen LogP contribution in [-0.2, 0) is 11.8 Å². The maximum atomic E-state index is 12.4. The van der Waals surface area contributed by atoms with E-state index in [4.69, 9.17) is 5.73 Å². The molecule has 0 aliphatic carbocycles. The van der Waals surface area contributed by atoms with Gasteiger partial charge < -0.3 is 15.5 Å². The molecule has 3 N–H and O–H groups in total. The van der Waals surface area contributed by atoms with Gasteiger partial charge in [0.1, 0.15) is 0 Å². The number of nitrogens with two attached hydrogens (primary N) is 1. The van der Waals surface area contributed by atoms with E-state index in [1.807, 2.05) is 23.9 Å². The average molecular weight is 489 g/mol. The van der Waals surface area contributed by atoms with Crippen LogP contribution in [0, 0.1) is 0 Å². The van der Waals surface area contributed by atoms with E-state index in [2.05, 4.69) is 55.4 Å². The summed E-state index contributed by atoms with van der Waals surface area (Å²) in [4.78, 5) is 33.0. The molecule has 3 fully saturated rings. The summed E-state index contributed by atoms with van der Waals surface area (Å²) in [6.07, 6.45) is 1.43. The number of nitrogen functional groups attached to an aromatic ring is 1. The number of hydrogen-bond acceptors (Lipinski definition) is 7. The standard InChI is InChI=1S/C26H32N8O2/c1-30-23-16-20(6-7-22(23)25(29-30)34-11-9-24(35)28-26(34)36)33-10-8-21(17-33)32-14-12-31(13-15-32)19-4-2-18(27)3-5-19/h2-7,16,21H,8-15,17,27H2,1H3,(H,28,35,36). The number of anilines is 4. The lowest BCUT2D eigenvalue weighted by Gasteiger charge is -2.39. The summed E-state index contributed by atoms with van der Waals surface area (Å²) >= 11 is 0. The molecule has 3 amide bonds. The van der Waals surface area contributed by atoms with E-state index in [1.54, 1.807) is 4.90 Å². The molecule has 0 saturated carbocycles. The van der Waals surface area contributed by atoms with Crippen LogP contribution in [0.1, 0.15) is 12.8 Å². The number of amides is 3. The van der Waals surface area contributed by atoms with Crippen molar-refractivity contribution in [3.8, 4) is 0 Å². The van der Waals surface area contributed by atoms with Crippen LogP contribution in [0.5, 0.6) is 0 Å². The number of imide groups is 1. The Morgan fingerprint density at radius 3 is 2.42 bits per heavy atom. The number of carbonyl (C=O) groups excluding carboxylic acids is 2. The Morgan fingerprint density at radius 2 is 1.67 bits per heavy atom. The minimum atomic E-state index is -0.408. The van der Waals surface area contributed by atoms with Gasteiger partial charge in [-0.2, -0.15) is 5.10 Å². The SMILES string of the molecule is Cn1nc(N2CCC(=O)NC2=O)c2ccc(N3CCC(N4CCN(c5ccc(N)cc5)CC4)C3)cc21. The van der Waals surface area contributed by atoms with Crippen LogP contribution in [0.2, 0.25) is 0 Å². The summed E-state index contributed by atoms with van der Waals surface area (Å²) in [5.74, 6) is 0.358. The number of aryl methyl sites for hydroxylation is 1. The molecule has 4 heterocycles. The Kier molecular flexibility index (Phi) is 5.67. The van der Waals surface area contributed by atoms with Crippen molar-refractivity contribution >= 4 is 45.7 Å². The van der Waals surface area contributed by atoms with Gasteiger partial charge in [0.15, 0.2) is 5.82 Å². The van der Waals surface area contributed by atoms with Crippen LogP contribution < -0.4 is 25.8 Å². The Bertz CT molecular complexity index is 1300. The minimum Gasteiger partial charge on any atom is -0.399 e. The van der Waals surface area contributed by atoms with Crippen LogP contribution in [0.25, 0.3) is 10.9 Å². The summed E-state index contributed by atoms with van der Waals surface area (Å²) in [6, 6.07) is 14.7. The fourth-order valence-corrected chi connectivity index (χ4v) is 5.69. The Balaban J connectivity index is 1.12. The summed E-state index contributed by atoms with van der Waals surface area (Å²) in [7, 11) is 1.90. The quantitative estimate of drug-likeness (QED) is 0.542. The summed E-state index contributed by atoms with van der Waals surface area (Å²) in [5.41, 5.74) is 10.0. The van der Waals surface area contributed by atoms with E-state index in [0.29, 0.717) is 18.4 Å². The minimum absolute atomic E-state index is 0.242. The third-order valence-corrected chi connectivity index (χ3v) is 7.74. The maximum Gasteiger partial charge on any atom is 0.329 e. The first-order valence-corrected chi connectivity index (χ1v) is 12.6. The highest BCUT2D eigenvalue weighted by molar-refractivity contribution is 6.09. The molecule has 3 saturated heterocycles. The van der Waals surface area contributed by atoms with Crippen molar-refractivity contribution in [1.29, 1.82) is 0 Å². The largest absolute Gasteiger partial charge is 0.399 e. The number of urea groups is 1. The Morgan fingerprint density at radius 1 is 0.917 bits per heavy atom. The fraction of sp³-hybridized carbons (Fsp3) is 0.423. The number of aromatic nitrogens is 2. The topological polar surface area (TPSA) is 103 Å². The number of fused-ring (bicyclic) bond motifs is 1. The predicted octanol–water partition coefficient (Wildman–Crippen LogP) is 2.00. The molecule has 0 spiro atoms. The lowest BCUT2D eigenvalue weighted by Crippen LogP contribution is -2.51. The molecule has 2 aromatic carbocycles. The van der Waals surface area contributed by atoms with E-state index in [-0.39, 0.29) is 12.3 Å². The third-order valence-electron chi connectivity index (χ3n) is 7.74.